The summed E-state index contributed by atoms with van der Waals surface area (Å²) < 4.78 is 11.0. The van der Waals surface area contributed by atoms with Crippen LogP contribution in [0, 0.1) is 0 Å². The second kappa shape index (κ2) is 7.98. The number of carboxylic acid groups (broad SMARTS) is 1. The minimum absolute atomic E-state index is 0.130. The van der Waals surface area contributed by atoms with Gasteiger partial charge in [-0.15, -0.1) is 0 Å². The highest BCUT2D eigenvalue weighted by Crippen LogP contribution is 2.22. The molecule has 6 nitrogen and oxygen atoms in total. The molecule has 0 aliphatic heterocycles. The summed E-state index contributed by atoms with van der Waals surface area (Å²) in [4.78, 5) is 22.9. The zero-order valence-electron chi connectivity index (χ0n) is 12.8. The molecule has 1 aliphatic carbocycles. The van der Waals surface area contributed by atoms with Crippen LogP contribution in [0.1, 0.15) is 61.8 Å². The number of carbonyl (C=O) groups excluding carboxylic acids is 1. The molecule has 1 atom stereocenters. The number of furan rings is 1. The van der Waals surface area contributed by atoms with E-state index in [0.29, 0.717) is 12.2 Å². The summed E-state index contributed by atoms with van der Waals surface area (Å²) >= 11 is 0. The van der Waals surface area contributed by atoms with Crippen LogP contribution < -0.4 is 5.32 Å². The Balaban J connectivity index is 1.81. The van der Waals surface area contributed by atoms with Crippen molar-refractivity contribution in [1.29, 1.82) is 0 Å². The lowest BCUT2D eigenvalue weighted by molar-refractivity contribution is -0.138. The molecule has 2 N–H and O–H groups in total. The molecule has 1 aliphatic rings. The van der Waals surface area contributed by atoms with Crippen LogP contribution in [0.2, 0.25) is 0 Å². The van der Waals surface area contributed by atoms with Gasteiger partial charge in [0.15, 0.2) is 0 Å². The molecule has 1 amide bonds. The van der Waals surface area contributed by atoms with Crippen molar-refractivity contribution >= 4 is 11.9 Å². The summed E-state index contributed by atoms with van der Waals surface area (Å²) in [6, 6.07) is 2.92. The normalized spacial score (nSPS) is 17.1. The summed E-state index contributed by atoms with van der Waals surface area (Å²) in [5.41, 5.74) is 0. The van der Waals surface area contributed by atoms with Crippen molar-refractivity contribution in [3.8, 4) is 0 Å². The molecule has 1 aromatic rings. The molecule has 6 heteroatoms. The Kier molecular flexibility index (Phi) is 6.00. The van der Waals surface area contributed by atoms with Crippen LogP contribution in [0.25, 0.3) is 0 Å². The lowest BCUT2D eigenvalue weighted by Gasteiger charge is -2.26. The monoisotopic (exact) mass is 309 g/mol. The fraction of sp³-hybridized carbons (Fsp3) is 0.625. The maximum Gasteiger partial charge on any atom is 0.371 e. The smallest absolute Gasteiger partial charge is 0.371 e. The van der Waals surface area contributed by atoms with Gasteiger partial charge in [-0.05, 0) is 31.4 Å². The number of hydrogen-bond acceptors (Lipinski definition) is 4. The van der Waals surface area contributed by atoms with E-state index in [0.717, 1.165) is 25.7 Å². The van der Waals surface area contributed by atoms with Gasteiger partial charge < -0.3 is 19.6 Å². The average molecular weight is 309 g/mol. The topological polar surface area (TPSA) is 88.8 Å². The van der Waals surface area contributed by atoms with Gasteiger partial charge in [-0.3, -0.25) is 4.79 Å². The SMILES string of the molecule is CCC(OC1CCCCC1)C(=O)NCc1ccc(C(=O)O)o1. The Morgan fingerprint density at radius 2 is 2.09 bits per heavy atom. The van der Waals surface area contributed by atoms with Crippen LogP contribution in [-0.2, 0) is 16.1 Å². The molecule has 0 bridgehead atoms. The first kappa shape index (κ1) is 16.5. The minimum Gasteiger partial charge on any atom is -0.475 e. The van der Waals surface area contributed by atoms with Crippen LogP contribution in [-0.4, -0.2) is 29.2 Å². The fourth-order valence-corrected chi connectivity index (χ4v) is 2.65. The second-order valence-electron chi connectivity index (χ2n) is 5.58. The lowest BCUT2D eigenvalue weighted by Crippen LogP contribution is -2.38. The van der Waals surface area contributed by atoms with E-state index >= 15 is 0 Å². The van der Waals surface area contributed by atoms with Crippen LogP contribution in [0.3, 0.4) is 0 Å². The molecule has 1 unspecified atom stereocenters. The standard InChI is InChI=1S/C16H23NO5/c1-2-13(21-11-6-4-3-5-7-11)15(18)17-10-12-8-9-14(22-12)16(19)20/h8-9,11,13H,2-7,10H2,1H3,(H,17,18)(H,19,20). The first-order valence-corrected chi connectivity index (χ1v) is 7.85. The number of carboxylic acids is 1. The fourth-order valence-electron chi connectivity index (χ4n) is 2.65. The third-order valence-corrected chi connectivity index (χ3v) is 3.88. The Labute approximate surface area is 129 Å². The number of hydrogen-bond donors (Lipinski definition) is 2. The van der Waals surface area contributed by atoms with E-state index in [-0.39, 0.29) is 24.3 Å². The van der Waals surface area contributed by atoms with Crippen molar-refractivity contribution in [2.75, 3.05) is 0 Å². The Morgan fingerprint density at radius 1 is 1.36 bits per heavy atom. The van der Waals surface area contributed by atoms with Gasteiger partial charge in [0.25, 0.3) is 0 Å². The second-order valence-corrected chi connectivity index (χ2v) is 5.58. The number of nitrogens with one attached hydrogen (secondary N) is 1. The quantitative estimate of drug-likeness (QED) is 0.808. The molecule has 0 aromatic carbocycles. The van der Waals surface area contributed by atoms with Gasteiger partial charge in [-0.1, -0.05) is 26.2 Å². The lowest BCUT2D eigenvalue weighted by atomic mass is 9.97. The van der Waals surface area contributed by atoms with Gasteiger partial charge in [0.1, 0.15) is 11.9 Å². The van der Waals surface area contributed by atoms with Crippen LogP contribution in [0.4, 0.5) is 0 Å². The molecule has 1 heterocycles. The molecule has 22 heavy (non-hydrogen) atoms. The minimum atomic E-state index is -1.12. The third kappa shape index (κ3) is 4.59. The van der Waals surface area contributed by atoms with Crippen molar-refractivity contribution < 1.29 is 23.8 Å². The molecule has 2 rings (SSSR count). The highest BCUT2D eigenvalue weighted by molar-refractivity contribution is 5.84. The summed E-state index contributed by atoms with van der Waals surface area (Å²) in [6.07, 6.45) is 5.92. The van der Waals surface area contributed by atoms with E-state index in [4.69, 9.17) is 14.3 Å². The number of rotatable bonds is 7. The molecule has 122 valence electrons. The molecular weight excluding hydrogens is 286 g/mol. The highest BCUT2D eigenvalue weighted by Gasteiger charge is 2.23. The predicted molar refractivity (Wildman–Crippen MR) is 79.6 cm³/mol. The van der Waals surface area contributed by atoms with Crippen molar-refractivity contribution in [1.82, 2.24) is 5.32 Å². The third-order valence-electron chi connectivity index (χ3n) is 3.88. The van der Waals surface area contributed by atoms with Gasteiger partial charge in [0, 0.05) is 0 Å². The molecule has 0 spiro atoms. The van der Waals surface area contributed by atoms with E-state index < -0.39 is 12.1 Å². The Morgan fingerprint density at radius 3 is 2.68 bits per heavy atom. The summed E-state index contributed by atoms with van der Waals surface area (Å²) in [7, 11) is 0. The maximum absolute atomic E-state index is 12.2. The van der Waals surface area contributed by atoms with Gasteiger partial charge in [-0.2, -0.15) is 0 Å². The Hall–Kier alpha value is -1.82. The Bertz CT molecular complexity index is 504. The molecule has 1 saturated carbocycles. The van der Waals surface area contributed by atoms with Crippen molar-refractivity contribution in [2.45, 2.75) is 64.2 Å². The largest absolute Gasteiger partial charge is 0.475 e. The van der Waals surface area contributed by atoms with Crippen LogP contribution in [0.5, 0.6) is 0 Å². The number of carbonyl (C=O) groups is 2. The van der Waals surface area contributed by atoms with E-state index in [2.05, 4.69) is 5.32 Å². The van der Waals surface area contributed by atoms with Crippen molar-refractivity contribution in [3.63, 3.8) is 0 Å². The van der Waals surface area contributed by atoms with Crippen LogP contribution >= 0.6 is 0 Å². The van der Waals surface area contributed by atoms with E-state index in [1.807, 2.05) is 6.92 Å². The van der Waals surface area contributed by atoms with Gasteiger partial charge in [-0.25, -0.2) is 4.79 Å². The van der Waals surface area contributed by atoms with E-state index in [1.165, 1.54) is 12.5 Å². The number of aromatic carboxylic acids is 1. The number of ether oxygens (including phenoxy) is 1. The van der Waals surface area contributed by atoms with Crippen LogP contribution in [0.15, 0.2) is 16.5 Å². The van der Waals surface area contributed by atoms with E-state index in [9.17, 15) is 9.59 Å². The first-order chi connectivity index (χ1) is 10.6. The number of amides is 1. The van der Waals surface area contributed by atoms with E-state index in [1.54, 1.807) is 6.07 Å². The van der Waals surface area contributed by atoms with Gasteiger partial charge in [0.05, 0.1) is 12.6 Å². The summed E-state index contributed by atoms with van der Waals surface area (Å²) in [5.74, 6) is -1.01. The summed E-state index contributed by atoms with van der Waals surface area (Å²) in [5, 5.41) is 11.5. The van der Waals surface area contributed by atoms with Crippen molar-refractivity contribution in [3.05, 3.63) is 23.7 Å². The highest BCUT2D eigenvalue weighted by atomic mass is 16.5. The molecule has 1 fully saturated rings. The molecule has 0 radical (unpaired) electrons. The van der Waals surface area contributed by atoms with Gasteiger partial charge in [0.2, 0.25) is 11.7 Å². The summed E-state index contributed by atoms with van der Waals surface area (Å²) in [6.45, 7) is 2.08. The predicted octanol–water partition coefficient (Wildman–Crippen LogP) is 2.72. The zero-order chi connectivity index (χ0) is 15.9. The molecular formula is C16H23NO5. The molecule has 0 saturated heterocycles. The van der Waals surface area contributed by atoms with Gasteiger partial charge >= 0.3 is 5.97 Å². The molecule has 1 aromatic heterocycles. The first-order valence-electron chi connectivity index (χ1n) is 7.85. The average Bonchev–Trinajstić information content (AvgIpc) is 3.00. The zero-order valence-corrected chi connectivity index (χ0v) is 12.8. The van der Waals surface area contributed by atoms with Crippen molar-refractivity contribution in [2.24, 2.45) is 0 Å². The maximum atomic E-state index is 12.2.